The summed E-state index contributed by atoms with van der Waals surface area (Å²) in [5.74, 6) is -0.368. The van der Waals surface area contributed by atoms with E-state index in [9.17, 15) is 14.0 Å². The molecule has 2 atom stereocenters. The van der Waals surface area contributed by atoms with E-state index in [-0.39, 0.29) is 5.82 Å². The zero-order valence-electron chi connectivity index (χ0n) is 19.4. The van der Waals surface area contributed by atoms with Crippen LogP contribution < -0.4 is 10.2 Å². The lowest BCUT2D eigenvalue weighted by molar-refractivity contribution is -0.0212. The maximum Gasteiger partial charge on any atom is 0.432 e. The van der Waals surface area contributed by atoms with Crippen LogP contribution in [0.2, 0.25) is 0 Å². The van der Waals surface area contributed by atoms with Crippen molar-refractivity contribution in [1.82, 2.24) is 10.4 Å². The van der Waals surface area contributed by atoms with Gasteiger partial charge >= 0.3 is 12.2 Å². The zero-order chi connectivity index (χ0) is 24.4. The van der Waals surface area contributed by atoms with Crippen LogP contribution in [-0.2, 0) is 9.47 Å². The third-order valence-electron chi connectivity index (χ3n) is 5.35. The van der Waals surface area contributed by atoms with Crippen LogP contribution >= 0.6 is 0 Å². The molecule has 8 heteroatoms. The average molecular weight is 467 g/mol. The third kappa shape index (κ3) is 4.76. The molecule has 0 spiro atoms. The minimum atomic E-state index is -1.00. The largest absolute Gasteiger partial charge is 0.467 e. The van der Waals surface area contributed by atoms with E-state index in [2.05, 4.69) is 5.43 Å². The molecule has 1 aliphatic heterocycles. The summed E-state index contributed by atoms with van der Waals surface area (Å²) in [6, 6.07) is 17.5. The van der Waals surface area contributed by atoms with Crippen molar-refractivity contribution in [2.45, 2.75) is 52.0 Å². The fraction of sp³-hybridized carbons (Fsp3) is 0.308. The predicted octanol–water partition coefficient (Wildman–Crippen LogP) is 5.73. The first-order chi connectivity index (χ1) is 16.2. The van der Waals surface area contributed by atoms with E-state index in [1.165, 1.54) is 12.1 Å². The van der Waals surface area contributed by atoms with Gasteiger partial charge in [-0.25, -0.2) is 19.4 Å². The van der Waals surface area contributed by atoms with E-state index in [1.807, 2.05) is 36.4 Å². The lowest BCUT2D eigenvalue weighted by Gasteiger charge is -2.32. The fourth-order valence-electron chi connectivity index (χ4n) is 4.05. The number of nitrogens with zero attached hydrogens (tertiary/aromatic N) is 1. The van der Waals surface area contributed by atoms with Gasteiger partial charge in [-0.3, -0.25) is 0 Å². The van der Waals surface area contributed by atoms with Gasteiger partial charge in [0.05, 0.1) is 18.1 Å². The smallest absolute Gasteiger partial charge is 0.432 e. The molecule has 0 saturated heterocycles. The number of hydrogen-bond acceptors (Lipinski definition) is 5. The summed E-state index contributed by atoms with van der Waals surface area (Å²) >= 11 is 0. The summed E-state index contributed by atoms with van der Waals surface area (Å²) in [4.78, 5) is 25.6. The summed E-state index contributed by atoms with van der Waals surface area (Å²) in [6.45, 7) is 6.81. The van der Waals surface area contributed by atoms with Crippen LogP contribution in [0.5, 0.6) is 5.75 Å². The van der Waals surface area contributed by atoms with Gasteiger partial charge in [-0.1, -0.05) is 42.5 Å². The molecule has 3 aromatic rings. The number of benzene rings is 3. The van der Waals surface area contributed by atoms with Crippen molar-refractivity contribution >= 4 is 23.0 Å². The van der Waals surface area contributed by atoms with Crippen LogP contribution in [0, 0.1) is 5.82 Å². The third-order valence-corrected chi connectivity index (χ3v) is 5.35. The number of fused-ring (bicyclic) bond motifs is 3. The summed E-state index contributed by atoms with van der Waals surface area (Å²) in [5.41, 5.74) is 4.03. The highest BCUT2D eigenvalue weighted by Crippen LogP contribution is 2.47. The molecule has 0 bridgehead atoms. The second kappa shape index (κ2) is 9.59. The van der Waals surface area contributed by atoms with Gasteiger partial charge in [0, 0.05) is 5.56 Å². The van der Waals surface area contributed by atoms with Crippen molar-refractivity contribution in [3.8, 4) is 5.75 Å². The number of nitrogens with one attached hydrogen (secondary N) is 1. The number of hydrazine groups is 1. The number of rotatable bonds is 4. The van der Waals surface area contributed by atoms with Crippen LogP contribution in [0.15, 0.2) is 60.7 Å². The Morgan fingerprint density at radius 2 is 1.62 bits per heavy atom. The van der Waals surface area contributed by atoms with Gasteiger partial charge in [-0.05, 0) is 62.2 Å². The minimum Gasteiger partial charge on any atom is -0.467 e. The highest BCUT2D eigenvalue weighted by Gasteiger charge is 2.44. The molecule has 34 heavy (non-hydrogen) atoms. The van der Waals surface area contributed by atoms with Crippen molar-refractivity contribution in [3.05, 3.63) is 77.6 Å². The number of hydrogen-bond donors (Lipinski definition) is 1. The predicted molar refractivity (Wildman–Crippen MR) is 125 cm³/mol. The Balaban J connectivity index is 1.83. The summed E-state index contributed by atoms with van der Waals surface area (Å²) < 4.78 is 30.6. The first-order valence-corrected chi connectivity index (χ1v) is 11.2. The lowest BCUT2D eigenvalue weighted by Crippen LogP contribution is -2.55. The Hall–Kier alpha value is -3.81. The van der Waals surface area contributed by atoms with E-state index < -0.39 is 36.5 Å². The molecule has 3 aromatic carbocycles. The van der Waals surface area contributed by atoms with Crippen molar-refractivity contribution in [1.29, 1.82) is 0 Å². The zero-order valence-corrected chi connectivity index (χ0v) is 19.4. The molecule has 4 rings (SSSR count). The highest BCUT2D eigenvalue weighted by molar-refractivity contribution is 5.89. The van der Waals surface area contributed by atoms with Gasteiger partial charge < -0.3 is 14.2 Å². The summed E-state index contributed by atoms with van der Waals surface area (Å²) in [6.07, 6.45) is -3.46. The molecule has 178 valence electrons. The fourth-order valence-corrected chi connectivity index (χ4v) is 4.05. The van der Waals surface area contributed by atoms with E-state index in [0.29, 0.717) is 11.3 Å². The van der Waals surface area contributed by atoms with Crippen molar-refractivity contribution < 1.29 is 28.2 Å². The Kier molecular flexibility index (Phi) is 6.58. The Morgan fingerprint density at radius 1 is 0.941 bits per heavy atom. The lowest BCUT2D eigenvalue weighted by atomic mass is 9.87. The Morgan fingerprint density at radius 3 is 2.29 bits per heavy atom. The molecule has 0 fully saturated rings. The molecular formula is C26H27FN2O5. The molecule has 2 amide bonds. The van der Waals surface area contributed by atoms with E-state index in [0.717, 1.165) is 21.3 Å². The van der Waals surface area contributed by atoms with Gasteiger partial charge in [0.15, 0.2) is 0 Å². The highest BCUT2D eigenvalue weighted by atomic mass is 19.1. The first-order valence-electron chi connectivity index (χ1n) is 11.2. The number of amides is 2. The number of halogens is 1. The molecule has 0 radical (unpaired) electrons. The van der Waals surface area contributed by atoms with Crippen LogP contribution in [0.25, 0.3) is 10.8 Å². The van der Waals surface area contributed by atoms with Crippen molar-refractivity contribution in [2.75, 3.05) is 0 Å². The molecule has 0 unspecified atom stereocenters. The van der Waals surface area contributed by atoms with Crippen LogP contribution in [0.4, 0.5) is 14.0 Å². The molecular weight excluding hydrogens is 439 g/mol. The molecule has 7 nitrogen and oxygen atoms in total. The molecule has 0 saturated carbocycles. The Bertz CT molecular complexity index is 1200. The summed E-state index contributed by atoms with van der Waals surface area (Å²) in [5, 5.41) is 2.92. The van der Waals surface area contributed by atoms with E-state index in [1.54, 1.807) is 39.8 Å². The van der Waals surface area contributed by atoms with Gasteiger partial charge in [0.25, 0.3) is 0 Å². The normalized spacial score (nSPS) is 16.8. The maximum absolute atomic E-state index is 13.8. The first kappa shape index (κ1) is 23.4. The van der Waals surface area contributed by atoms with E-state index >= 15 is 0 Å². The second-order valence-electron chi connectivity index (χ2n) is 8.60. The number of carbonyl (C=O) groups is 2. The quantitative estimate of drug-likeness (QED) is 0.497. The second-order valence-corrected chi connectivity index (χ2v) is 8.60. The Labute approximate surface area is 197 Å². The van der Waals surface area contributed by atoms with Crippen LogP contribution in [0.1, 0.15) is 44.7 Å². The topological polar surface area (TPSA) is 77.1 Å². The number of carbonyl (C=O) groups excluding carboxylic acids is 2. The summed E-state index contributed by atoms with van der Waals surface area (Å²) in [7, 11) is 0. The molecule has 1 aliphatic rings. The molecule has 1 heterocycles. The molecule has 1 N–H and O–H groups in total. The van der Waals surface area contributed by atoms with Gasteiger partial charge in [0.2, 0.25) is 6.23 Å². The standard InChI is InChI=1S/C26H27FN2O5/c1-15(2)32-25(30)28-29(26(31)33-16(3)4)24-22(18-9-12-19(27)13-10-18)23-20-8-6-5-7-17(20)11-14-21(23)34-24/h5-16,22,24H,1-4H3,(H,28,30)/t22-,24-/m0/s1. The van der Waals surface area contributed by atoms with Gasteiger partial charge in [-0.15, -0.1) is 0 Å². The number of ether oxygens (including phenoxy) is 3. The van der Waals surface area contributed by atoms with Crippen LogP contribution in [0.3, 0.4) is 0 Å². The van der Waals surface area contributed by atoms with Crippen molar-refractivity contribution in [3.63, 3.8) is 0 Å². The van der Waals surface area contributed by atoms with Gasteiger partial charge in [-0.2, -0.15) is 5.01 Å². The molecule has 0 aliphatic carbocycles. The van der Waals surface area contributed by atoms with Crippen molar-refractivity contribution in [2.24, 2.45) is 0 Å². The minimum absolute atomic E-state index is 0.382. The molecule has 0 aromatic heterocycles. The monoisotopic (exact) mass is 466 g/mol. The SMILES string of the molecule is CC(C)OC(=O)NN(C(=O)OC(C)C)[C@H]1Oc2ccc3ccccc3c2[C@@H]1c1ccc(F)cc1. The van der Waals surface area contributed by atoms with Gasteiger partial charge in [0.1, 0.15) is 11.6 Å². The maximum atomic E-state index is 13.8. The van der Waals surface area contributed by atoms with Crippen LogP contribution in [-0.4, -0.2) is 35.6 Å². The van der Waals surface area contributed by atoms with E-state index in [4.69, 9.17) is 14.2 Å². The average Bonchev–Trinajstić information content (AvgIpc) is 3.16.